The molecule has 0 saturated carbocycles. The van der Waals surface area contributed by atoms with Crippen LogP contribution in [0.3, 0.4) is 0 Å². The molecular weight excluding hydrogens is 304 g/mol. The van der Waals surface area contributed by atoms with Gasteiger partial charge in [-0.2, -0.15) is 0 Å². The summed E-state index contributed by atoms with van der Waals surface area (Å²) in [5, 5.41) is 9.53. The number of amidine groups is 1. The highest BCUT2D eigenvalue weighted by Crippen LogP contribution is 2.40. The van der Waals surface area contributed by atoms with E-state index in [1.165, 1.54) is 7.11 Å². The van der Waals surface area contributed by atoms with Crippen molar-refractivity contribution in [2.45, 2.75) is 6.92 Å². The summed E-state index contributed by atoms with van der Waals surface area (Å²) in [6, 6.07) is 15.6. The van der Waals surface area contributed by atoms with E-state index >= 15 is 0 Å². The Labute approximate surface area is 139 Å². The number of anilines is 3. The first-order valence-corrected chi connectivity index (χ1v) is 7.59. The molecule has 0 saturated heterocycles. The summed E-state index contributed by atoms with van der Waals surface area (Å²) in [6.45, 7) is 2.02. The van der Waals surface area contributed by atoms with Crippen molar-refractivity contribution in [3.63, 3.8) is 0 Å². The average Bonchev–Trinajstić information content (AvgIpc) is 3.02. The van der Waals surface area contributed by atoms with E-state index in [0.29, 0.717) is 0 Å². The number of rotatable bonds is 2. The number of methoxy groups -OCH3 is 1. The molecule has 2 aliphatic rings. The Bertz CT molecular complexity index is 874. The van der Waals surface area contributed by atoms with Gasteiger partial charge in [0.15, 0.2) is 5.82 Å². The Morgan fingerprint density at radius 1 is 1.12 bits per heavy atom. The zero-order valence-electron chi connectivity index (χ0n) is 13.4. The van der Waals surface area contributed by atoms with E-state index in [2.05, 4.69) is 10.4 Å². The van der Waals surface area contributed by atoms with Gasteiger partial charge in [-0.15, -0.1) is 5.10 Å². The third-order valence-corrected chi connectivity index (χ3v) is 4.06. The number of hydrogen-bond acceptors (Lipinski definition) is 6. The molecule has 2 aliphatic heterocycles. The molecular formula is C18H16N4O2. The number of ether oxygens (including phenoxy) is 1. The van der Waals surface area contributed by atoms with Crippen molar-refractivity contribution in [2.24, 2.45) is 5.10 Å². The van der Waals surface area contributed by atoms with Crippen LogP contribution in [0.2, 0.25) is 0 Å². The second-order valence-electron chi connectivity index (χ2n) is 5.51. The highest BCUT2D eigenvalue weighted by molar-refractivity contribution is 6.43. The number of hydrogen-bond donors (Lipinski definition) is 1. The molecule has 4 rings (SSSR count). The fraction of sp³-hybridized carbons (Fsp3) is 0.111. The number of nitrogens with one attached hydrogen (secondary N) is 1. The lowest BCUT2D eigenvalue weighted by molar-refractivity contribution is -0.132. The van der Waals surface area contributed by atoms with Gasteiger partial charge in [-0.25, -0.2) is 9.80 Å². The minimum Gasteiger partial charge on any atom is -0.463 e. The smallest absolute Gasteiger partial charge is 0.376 e. The molecule has 2 aromatic rings. The number of carbonyl (C=O) groups is 1. The number of hydrazone groups is 1. The lowest BCUT2D eigenvalue weighted by Gasteiger charge is -2.30. The molecule has 6 nitrogen and oxygen atoms in total. The highest BCUT2D eigenvalue weighted by Gasteiger charge is 2.39. The normalized spacial score (nSPS) is 15.1. The van der Waals surface area contributed by atoms with E-state index in [1.54, 1.807) is 5.01 Å². The molecule has 0 aliphatic carbocycles. The van der Waals surface area contributed by atoms with Gasteiger partial charge in [0.2, 0.25) is 5.84 Å². The summed E-state index contributed by atoms with van der Waals surface area (Å²) >= 11 is 0. The van der Waals surface area contributed by atoms with Crippen molar-refractivity contribution in [3.8, 4) is 0 Å². The Morgan fingerprint density at radius 2 is 1.92 bits per heavy atom. The Kier molecular flexibility index (Phi) is 3.23. The van der Waals surface area contributed by atoms with Crippen LogP contribution in [0.15, 0.2) is 65.7 Å². The van der Waals surface area contributed by atoms with Crippen molar-refractivity contribution in [1.29, 1.82) is 0 Å². The average molecular weight is 320 g/mol. The quantitative estimate of drug-likeness (QED) is 0.862. The molecule has 0 unspecified atom stereocenters. The van der Waals surface area contributed by atoms with Crippen molar-refractivity contribution in [2.75, 3.05) is 22.3 Å². The summed E-state index contributed by atoms with van der Waals surface area (Å²) < 4.78 is 4.93. The maximum atomic E-state index is 12.3. The van der Waals surface area contributed by atoms with E-state index in [-0.39, 0.29) is 5.84 Å². The van der Waals surface area contributed by atoms with Crippen LogP contribution in [0.25, 0.3) is 0 Å². The SMILES string of the molecule is COC(=O)C1=NN(c2ccccc2)C2=CNc3c(C)cccc3N21. The predicted octanol–water partition coefficient (Wildman–Crippen LogP) is 3.03. The summed E-state index contributed by atoms with van der Waals surface area (Å²) in [5.74, 6) is 0.509. The minimum atomic E-state index is -0.478. The first-order valence-electron chi connectivity index (χ1n) is 7.59. The Balaban J connectivity index is 1.87. The monoisotopic (exact) mass is 320 g/mol. The van der Waals surface area contributed by atoms with E-state index in [9.17, 15) is 4.79 Å². The van der Waals surface area contributed by atoms with Crippen LogP contribution in [0.1, 0.15) is 5.56 Å². The second-order valence-corrected chi connectivity index (χ2v) is 5.51. The summed E-state index contributed by atoms with van der Waals surface area (Å²) in [5.41, 5.74) is 3.78. The molecule has 120 valence electrons. The number of aryl methyl sites for hydroxylation is 1. The first-order chi connectivity index (χ1) is 11.7. The molecule has 0 atom stereocenters. The number of nitrogens with zero attached hydrogens (tertiary/aromatic N) is 3. The number of para-hydroxylation sites is 2. The molecule has 1 N–H and O–H groups in total. The van der Waals surface area contributed by atoms with Crippen LogP contribution in [0, 0.1) is 6.92 Å². The number of carbonyl (C=O) groups excluding carboxylic acids is 1. The molecule has 0 amide bonds. The molecule has 24 heavy (non-hydrogen) atoms. The Morgan fingerprint density at radius 3 is 2.67 bits per heavy atom. The van der Waals surface area contributed by atoms with Gasteiger partial charge in [-0.05, 0) is 30.7 Å². The van der Waals surface area contributed by atoms with E-state index in [4.69, 9.17) is 4.74 Å². The van der Waals surface area contributed by atoms with Crippen LogP contribution in [-0.4, -0.2) is 18.9 Å². The molecule has 2 heterocycles. The van der Waals surface area contributed by atoms with Crippen molar-refractivity contribution >= 4 is 28.9 Å². The standard InChI is InChI=1S/C18H16N4O2/c1-12-7-6-10-14-16(12)19-11-15-21(14)17(18(23)24-2)20-22(15)13-8-4-3-5-9-13/h3-11,19H,1-2H3. The summed E-state index contributed by atoms with van der Waals surface area (Å²) in [4.78, 5) is 14.1. The van der Waals surface area contributed by atoms with Gasteiger partial charge < -0.3 is 10.1 Å². The van der Waals surface area contributed by atoms with Crippen molar-refractivity contribution < 1.29 is 9.53 Å². The maximum absolute atomic E-state index is 12.3. The van der Waals surface area contributed by atoms with Crippen LogP contribution in [0.4, 0.5) is 17.1 Å². The minimum absolute atomic E-state index is 0.237. The van der Waals surface area contributed by atoms with Gasteiger partial charge in [-0.3, -0.25) is 4.90 Å². The van der Waals surface area contributed by atoms with Crippen LogP contribution >= 0.6 is 0 Å². The Hall–Kier alpha value is -3.28. The van der Waals surface area contributed by atoms with Crippen molar-refractivity contribution in [1.82, 2.24) is 0 Å². The van der Waals surface area contributed by atoms with E-state index < -0.39 is 5.97 Å². The molecule has 0 radical (unpaired) electrons. The second kappa shape index (κ2) is 5.42. The van der Waals surface area contributed by atoms with Gasteiger partial charge in [-0.1, -0.05) is 30.3 Å². The van der Waals surface area contributed by atoms with Crippen molar-refractivity contribution in [3.05, 3.63) is 66.1 Å². The van der Waals surface area contributed by atoms with Gasteiger partial charge in [0.25, 0.3) is 0 Å². The zero-order chi connectivity index (χ0) is 16.7. The van der Waals surface area contributed by atoms with Crippen LogP contribution in [-0.2, 0) is 9.53 Å². The lowest BCUT2D eigenvalue weighted by atomic mass is 10.1. The lowest BCUT2D eigenvalue weighted by Crippen LogP contribution is -2.37. The van der Waals surface area contributed by atoms with Gasteiger partial charge in [0.05, 0.1) is 24.2 Å². The number of esters is 1. The zero-order valence-corrected chi connectivity index (χ0v) is 13.4. The maximum Gasteiger partial charge on any atom is 0.376 e. The summed E-state index contributed by atoms with van der Waals surface area (Å²) in [7, 11) is 1.36. The largest absolute Gasteiger partial charge is 0.463 e. The molecule has 0 bridgehead atoms. The topological polar surface area (TPSA) is 57.2 Å². The highest BCUT2D eigenvalue weighted by atomic mass is 16.5. The molecule has 0 aromatic heterocycles. The summed E-state index contributed by atoms with van der Waals surface area (Å²) in [6.07, 6.45) is 1.85. The van der Waals surface area contributed by atoms with Gasteiger partial charge in [0, 0.05) is 6.20 Å². The predicted molar refractivity (Wildman–Crippen MR) is 93.7 cm³/mol. The molecule has 0 spiro atoms. The number of benzene rings is 2. The van der Waals surface area contributed by atoms with E-state index in [0.717, 1.165) is 28.4 Å². The molecule has 2 aromatic carbocycles. The van der Waals surface area contributed by atoms with Crippen LogP contribution in [0.5, 0.6) is 0 Å². The number of fused-ring (bicyclic) bond motifs is 3. The van der Waals surface area contributed by atoms with Gasteiger partial charge >= 0.3 is 5.97 Å². The van der Waals surface area contributed by atoms with Gasteiger partial charge in [0.1, 0.15) is 0 Å². The fourth-order valence-electron chi connectivity index (χ4n) is 2.90. The first kappa shape index (κ1) is 14.3. The third kappa shape index (κ3) is 2.04. The molecule has 0 fully saturated rings. The van der Waals surface area contributed by atoms with Crippen LogP contribution < -0.4 is 15.2 Å². The third-order valence-electron chi connectivity index (χ3n) is 4.06. The molecule has 6 heteroatoms. The fourth-order valence-corrected chi connectivity index (χ4v) is 2.90. The van der Waals surface area contributed by atoms with E-state index in [1.807, 2.05) is 66.6 Å².